The number of amides is 1. The summed E-state index contributed by atoms with van der Waals surface area (Å²) in [6.07, 6.45) is 5.43. The number of hydrogen-bond acceptors (Lipinski definition) is 9. The summed E-state index contributed by atoms with van der Waals surface area (Å²) >= 11 is 6.63. The molecule has 2 aliphatic rings. The molecule has 2 aliphatic heterocycles. The summed E-state index contributed by atoms with van der Waals surface area (Å²) in [6, 6.07) is 18.8. The highest BCUT2D eigenvalue weighted by Gasteiger charge is 2.22. The minimum absolute atomic E-state index is 0.141. The molecule has 3 aromatic carbocycles. The van der Waals surface area contributed by atoms with Crippen molar-refractivity contribution < 1.29 is 23.7 Å². The number of fused-ring (bicyclic) bond motifs is 1. The third-order valence-electron chi connectivity index (χ3n) is 7.89. The van der Waals surface area contributed by atoms with Crippen LogP contribution in [0.25, 0.3) is 10.9 Å². The first-order valence-electron chi connectivity index (χ1n) is 15.1. The molecule has 0 spiro atoms. The highest BCUT2D eigenvalue weighted by atomic mass is 35.5. The average molecular weight is 640 g/mol. The van der Waals surface area contributed by atoms with Gasteiger partial charge in [-0.3, -0.25) is 9.78 Å². The third kappa shape index (κ3) is 7.35. The predicted molar refractivity (Wildman–Crippen MR) is 177 cm³/mol. The number of nitrogens with one attached hydrogen (secondary N) is 3. The second kappa shape index (κ2) is 14.5. The van der Waals surface area contributed by atoms with Crippen LogP contribution in [0.2, 0.25) is 5.02 Å². The molecule has 2 saturated heterocycles. The number of anilines is 3. The maximum atomic E-state index is 13.1. The van der Waals surface area contributed by atoms with Crippen molar-refractivity contribution in [2.24, 2.45) is 0 Å². The Balaban J connectivity index is 1.30. The number of hydrogen-bond donors (Lipinski definition) is 3. The van der Waals surface area contributed by atoms with Gasteiger partial charge in [0.1, 0.15) is 36.0 Å². The number of ether oxygens (including phenoxy) is 4. The molecule has 0 bridgehead atoms. The van der Waals surface area contributed by atoms with Crippen LogP contribution >= 0.6 is 11.6 Å². The van der Waals surface area contributed by atoms with Crippen LogP contribution in [-0.2, 0) is 16.1 Å². The van der Waals surface area contributed by atoms with Gasteiger partial charge in [-0.15, -0.1) is 0 Å². The number of rotatable bonds is 10. The second-order valence-corrected chi connectivity index (χ2v) is 11.4. The van der Waals surface area contributed by atoms with E-state index >= 15 is 0 Å². The fourth-order valence-electron chi connectivity index (χ4n) is 5.48. The van der Waals surface area contributed by atoms with Crippen LogP contribution in [0.15, 0.2) is 72.4 Å². The zero-order valence-electron chi connectivity index (χ0n) is 25.4. The molecule has 2 fully saturated rings. The minimum atomic E-state index is -0.238. The molecule has 0 aliphatic carbocycles. The van der Waals surface area contributed by atoms with Gasteiger partial charge in [0.15, 0.2) is 0 Å². The molecule has 1 aromatic heterocycles. The summed E-state index contributed by atoms with van der Waals surface area (Å²) < 4.78 is 23.2. The van der Waals surface area contributed by atoms with Crippen LogP contribution in [0.3, 0.4) is 0 Å². The van der Waals surface area contributed by atoms with Gasteiger partial charge in [-0.2, -0.15) is 5.26 Å². The van der Waals surface area contributed by atoms with E-state index in [9.17, 15) is 10.1 Å². The smallest absolute Gasteiger partial charge is 0.248 e. The Bertz CT molecular complexity index is 1810. The number of methoxy groups -OCH3 is 1. The molecule has 4 aromatic rings. The van der Waals surface area contributed by atoms with Gasteiger partial charge in [-0.25, -0.2) is 0 Å². The Kier molecular flexibility index (Phi) is 9.84. The Morgan fingerprint density at radius 1 is 1.15 bits per heavy atom. The second-order valence-electron chi connectivity index (χ2n) is 11.0. The quantitative estimate of drug-likeness (QED) is 0.167. The SMILES string of the molecule is COc1ccccc1COc1ccc(Nc2c(C#N)cnc3cc(OC4CCOC4)c(NC(=O)C=C4CCNCC4)cc23)cc1Cl. The summed E-state index contributed by atoms with van der Waals surface area (Å²) in [5.41, 5.74) is 4.54. The van der Waals surface area contributed by atoms with E-state index in [1.54, 1.807) is 37.5 Å². The number of para-hydroxylation sites is 1. The molecule has 0 radical (unpaired) electrons. The molecule has 236 valence electrons. The topological polar surface area (TPSA) is 127 Å². The van der Waals surface area contributed by atoms with Crippen molar-refractivity contribution in [3.05, 3.63) is 88.6 Å². The molecule has 6 rings (SSSR count). The van der Waals surface area contributed by atoms with Crippen LogP contribution in [0.4, 0.5) is 17.1 Å². The Labute approximate surface area is 272 Å². The molecule has 3 heterocycles. The Hall–Kier alpha value is -4.82. The van der Waals surface area contributed by atoms with Crippen molar-refractivity contribution >= 4 is 45.5 Å². The van der Waals surface area contributed by atoms with Gasteiger partial charge in [0, 0.05) is 41.4 Å². The molecule has 1 atom stereocenters. The molecular weight excluding hydrogens is 606 g/mol. The lowest BCUT2D eigenvalue weighted by Crippen LogP contribution is -2.24. The Morgan fingerprint density at radius 3 is 2.76 bits per heavy atom. The molecule has 3 N–H and O–H groups in total. The number of piperidine rings is 1. The normalized spacial score (nSPS) is 16.0. The molecular formula is C35H34ClN5O5. The fourth-order valence-corrected chi connectivity index (χ4v) is 5.72. The van der Waals surface area contributed by atoms with Crippen molar-refractivity contribution in [3.8, 4) is 23.3 Å². The summed E-state index contributed by atoms with van der Waals surface area (Å²) in [5, 5.41) is 20.7. The molecule has 11 heteroatoms. The number of halogens is 1. The van der Waals surface area contributed by atoms with Crippen LogP contribution in [0.1, 0.15) is 30.4 Å². The fraction of sp³-hybridized carbons (Fsp3) is 0.286. The van der Waals surface area contributed by atoms with E-state index < -0.39 is 0 Å². The Morgan fingerprint density at radius 2 is 2.00 bits per heavy atom. The number of pyridine rings is 1. The number of carbonyl (C=O) groups is 1. The predicted octanol–water partition coefficient (Wildman–Crippen LogP) is 6.51. The summed E-state index contributed by atoms with van der Waals surface area (Å²) in [6.45, 7) is 3.06. The first kappa shape index (κ1) is 31.2. The highest BCUT2D eigenvalue weighted by molar-refractivity contribution is 6.32. The van der Waals surface area contributed by atoms with Gasteiger partial charge >= 0.3 is 0 Å². The van der Waals surface area contributed by atoms with Gasteiger partial charge in [-0.05, 0) is 56.3 Å². The molecule has 0 saturated carbocycles. The van der Waals surface area contributed by atoms with E-state index in [2.05, 4.69) is 27.0 Å². The first-order valence-corrected chi connectivity index (χ1v) is 15.5. The summed E-state index contributed by atoms with van der Waals surface area (Å²) in [5.74, 6) is 1.49. The molecule has 10 nitrogen and oxygen atoms in total. The number of nitrogens with zero attached hydrogens (tertiary/aromatic N) is 2. The van der Waals surface area contributed by atoms with Gasteiger partial charge in [0.25, 0.3) is 0 Å². The summed E-state index contributed by atoms with van der Waals surface area (Å²) in [7, 11) is 1.62. The van der Waals surface area contributed by atoms with Crippen LogP contribution in [-0.4, -0.2) is 50.4 Å². The van der Waals surface area contributed by atoms with Crippen LogP contribution < -0.4 is 30.2 Å². The zero-order valence-corrected chi connectivity index (χ0v) is 26.2. The zero-order chi connectivity index (χ0) is 31.9. The van der Waals surface area contributed by atoms with E-state index in [-0.39, 0.29) is 18.6 Å². The van der Waals surface area contributed by atoms with Crippen LogP contribution in [0.5, 0.6) is 17.2 Å². The maximum absolute atomic E-state index is 13.1. The lowest BCUT2D eigenvalue weighted by Gasteiger charge is -2.19. The van der Waals surface area contributed by atoms with Crippen molar-refractivity contribution in [1.29, 1.82) is 5.26 Å². The number of nitriles is 1. The van der Waals surface area contributed by atoms with E-state index in [4.69, 9.17) is 30.5 Å². The largest absolute Gasteiger partial charge is 0.496 e. The van der Waals surface area contributed by atoms with Gasteiger partial charge in [0.2, 0.25) is 5.91 Å². The lowest BCUT2D eigenvalue weighted by atomic mass is 10.0. The van der Waals surface area contributed by atoms with Gasteiger partial charge in [-0.1, -0.05) is 35.4 Å². The summed E-state index contributed by atoms with van der Waals surface area (Å²) in [4.78, 5) is 17.7. The van der Waals surface area contributed by atoms with Crippen molar-refractivity contribution in [2.45, 2.75) is 32.0 Å². The highest BCUT2D eigenvalue weighted by Crippen LogP contribution is 2.38. The van der Waals surface area contributed by atoms with Gasteiger partial charge < -0.3 is 34.9 Å². The minimum Gasteiger partial charge on any atom is -0.496 e. The van der Waals surface area contributed by atoms with E-state index in [0.717, 1.165) is 49.2 Å². The van der Waals surface area contributed by atoms with Crippen LogP contribution in [0, 0.1) is 11.3 Å². The van der Waals surface area contributed by atoms with Crippen molar-refractivity contribution in [2.75, 3.05) is 44.0 Å². The first-order chi connectivity index (χ1) is 22.5. The number of benzene rings is 3. The van der Waals surface area contributed by atoms with E-state index in [1.165, 1.54) is 6.20 Å². The monoisotopic (exact) mass is 639 g/mol. The number of carbonyl (C=O) groups excluding carboxylic acids is 1. The van der Waals surface area contributed by atoms with Gasteiger partial charge in [0.05, 0.1) is 47.8 Å². The third-order valence-corrected chi connectivity index (χ3v) is 8.18. The van der Waals surface area contributed by atoms with Crippen molar-refractivity contribution in [3.63, 3.8) is 0 Å². The maximum Gasteiger partial charge on any atom is 0.248 e. The van der Waals surface area contributed by atoms with Crippen molar-refractivity contribution in [1.82, 2.24) is 10.3 Å². The molecule has 1 unspecified atom stereocenters. The van der Waals surface area contributed by atoms with E-state index in [0.29, 0.717) is 63.3 Å². The van der Waals surface area contributed by atoms with E-state index in [1.807, 2.05) is 30.3 Å². The standard InChI is InChI=1S/C35H34ClN5O5/c1-43-31-5-3-2-4-23(31)20-45-32-7-6-25(15-28(32)36)40-35-24(18-37)19-39-29-17-33(46-26-10-13-44-21-26)30(16-27(29)35)41-34(42)14-22-8-11-38-12-9-22/h2-7,14-17,19,26,38H,8-13,20-21H2,1H3,(H,39,40)(H,41,42). The molecule has 46 heavy (non-hydrogen) atoms. The number of aromatic nitrogens is 1. The average Bonchev–Trinajstić information content (AvgIpc) is 3.59. The lowest BCUT2D eigenvalue weighted by molar-refractivity contribution is -0.112. The molecule has 1 amide bonds.